The minimum Gasteiger partial charge on any atom is -0.313 e. The monoisotopic (exact) mass is 285 g/mol. The lowest BCUT2D eigenvalue weighted by Gasteiger charge is -2.24. The van der Waals surface area contributed by atoms with Gasteiger partial charge in [-0.3, -0.25) is 0 Å². The minimum absolute atomic E-state index is 0.654. The topological polar surface area (TPSA) is 37.8 Å². The fourth-order valence-corrected chi connectivity index (χ4v) is 4.80. The molecule has 1 fully saturated rings. The summed E-state index contributed by atoms with van der Waals surface area (Å²) in [5, 5.41) is 13.8. The van der Waals surface area contributed by atoms with Gasteiger partial charge in [-0.15, -0.1) is 10.2 Å². The fraction of sp³-hybridized carbons (Fsp3) is 0.846. The van der Waals surface area contributed by atoms with Crippen molar-refractivity contribution in [3.63, 3.8) is 0 Å². The summed E-state index contributed by atoms with van der Waals surface area (Å²) < 4.78 is 1.14. The lowest BCUT2D eigenvalue weighted by Crippen LogP contribution is -2.37. The number of hydrogen-bond acceptors (Lipinski definition) is 5. The average Bonchev–Trinajstić information content (AvgIpc) is 2.64. The van der Waals surface area contributed by atoms with E-state index in [-0.39, 0.29) is 0 Å². The van der Waals surface area contributed by atoms with Crippen molar-refractivity contribution in [3.8, 4) is 0 Å². The summed E-state index contributed by atoms with van der Waals surface area (Å²) in [6, 6.07) is 0.654. The van der Waals surface area contributed by atoms with Crippen molar-refractivity contribution in [2.24, 2.45) is 0 Å². The second kappa shape index (κ2) is 7.46. The SMILES string of the molecule is CCCNC1CCCCCC1Sc1nnc(C)s1. The Bertz CT molecular complexity index is 354. The van der Waals surface area contributed by atoms with Gasteiger partial charge < -0.3 is 5.32 Å². The summed E-state index contributed by atoms with van der Waals surface area (Å²) in [4.78, 5) is 0. The average molecular weight is 285 g/mol. The van der Waals surface area contributed by atoms with Crippen LogP contribution in [0.2, 0.25) is 0 Å². The summed E-state index contributed by atoms with van der Waals surface area (Å²) in [5.74, 6) is 0. The molecule has 2 unspecified atom stereocenters. The summed E-state index contributed by atoms with van der Waals surface area (Å²) in [6.07, 6.45) is 7.95. The molecule has 1 saturated carbocycles. The van der Waals surface area contributed by atoms with Gasteiger partial charge in [0.1, 0.15) is 5.01 Å². The van der Waals surface area contributed by atoms with Gasteiger partial charge in [-0.2, -0.15) is 0 Å². The molecule has 0 aliphatic heterocycles. The van der Waals surface area contributed by atoms with Gasteiger partial charge >= 0.3 is 0 Å². The molecule has 102 valence electrons. The van der Waals surface area contributed by atoms with Crippen molar-refractivity contribution >= 4 is 23.1 Å². The third-order valence-electron chi connectivity index (χ3n) is 3.37. The van der Waals surface area contributed by atoms with Gasteiger partial charge in [0.25, 0.3) is 0 Å². The third-order valence-corrected chi connectivity index (χ3v) is 5.69. The first kappa shape index (κ1) is 14.3. The molecule has 1 N–H and O–H groups in total. The van der Waals surface area contributed by atoms with Crippen LogP contribution in [0.25, 0.3) is 0 Å². The van der Waals surface area contributed by atoms with Crippen molar-refractivity contribution in [2.45, 2.75) is 68.0 Å². The zero-order valence-electron chi connectivity index (χ0n) is 11.3. The summed E-state index contributed by atoms with van der Waals surface area (Å²) >= 11 is 3.67. The predicted molar refractivity (Wildman–Crippen MR) is 79.5 cm³/mol. The Kier molecular flexibility index (Phi) is 5.92. The lowest BCUT2D eigenvalue weighted by molar-refractivity contribution is 0.470. The minimum atomic E-state index is 0.654. The van der Waals surface area contributed by atoms with Crippen molar-refractivity contribution in [1.82, 2.24) is 15.5 Å². The summed E-state index contributed by atoms with van der Waals surface area (Å²) in [7, 11) is 0. The molecule has 1 aliphatic rings. The molecule has 0 aromatic carbocycles. The quantitative estimate of drug-likeness (QED) is 0.838. The highest BCUT2D eigenvalue weighted by atomic mass is 32.2. The smallest absolute Gasteiger partial charge is 0.174 e. The molecule has 1 heterocycles. The Labute approximate surface area is 118 Å². The number of hydrogen-bond donors (Lipinski definition) is 1. The van der Waals surface area contributed by atoms with Gasteiger partial charge in [0.05, 0.1) is 0 Å². The van der Waals surface area contributed by atoms with E-state index in [2.05, 4.69) is 22.4 Å². The number of thioether (sulfide) groups is 1. The van der Waals surface area contributed by atoms with Crippen LogP contribution in [-0.4, -0.2) is 28.0 Å². The molecule has 1 aromatic rings. The molecule has 5 heteroatoms. The number of nitrogens with one attached hydrogen (secondary N) is 1. The van der Waals surface area contributed by atoms with Gasteiger partial charge in [-0.05, 0) is 32.7 Å². The van der Waals surface area contributed by atoms with E-state index in [1.54, 1.807) is 11.3 Å². The standard InChI is InChI=1S/C13H23N3S2/c1-3-9-14-11-7-5-4-6-8-12(11)18-13-16-15-10(2)17-13/h11-12,14H,3-9H2,1-2H3. The van der Waals surface area contributed by atoms with E-state index in [1.165, 1.54) is 38.5 Å². The number of rotatable bonds is 5. The van der Waals surface area contributed by atoms with E-state index in [9.17, 15) is 0 Å². The number of nitrogens with zero attached hydrogens (tertiary/aromatic N) is 2. The van der Waals surface area contributed by atoms with E-state index in [4.69, 9.17) is 0 Å². The molecule has 1 aromatic heterocycles. The first-order valence-electron chi connectivity index (χ1n) is 6.99. The highest BCUT2D eigenvalue weighted by molar-refractivity contribution is 8.01. The van der Waals surface area contributed by atoms with Crippen molar-refractivity contribution in [1.29, 1.82) is 0 Å². The second-order valence-electron chi connectivity index (χ2n) is 4.94. The van der Waals surface area contributed by atoms with Crippen LogP contribution in [0.15, 0.2) is 4.34 Å². The highest BCUT2D eigenvalue weighted by Gasteiger charge is 2.25. The number of aryl methyl sites for hydroxylation is 1. The van der Waals surface area contributed by atoms with Crippen LogP contribution in [0.1, 0.15) is 50.5 Å². The van der Waals surface area contributed by atoms with E-state index < -0.39 is 0 Å². The molecule has 0 spiro atoms. The van der Waals surface area contributed by atoms with Crippen LogP contribution >= 0.6 is 23.1 Å². The van der Waals surface area contributed by atoms with Gasteiger partial charge in [-0.25, -0.2) is 0 Å². The van der Waals surface area contributed by atoms with Gasteiger partial charge in [0.15, 0.2) is 4.34 Å². The van der Waals surface area contributed by atoms with Crippen LogP contribution in [0.5, 0.6) is 0 Å². The van der Waals surface area contributed by atoms with Crippen LogP contribution < -0.4 is 5.32 Å². The Morgan fingerprint density at radius 2 is 2.11 bits per heavy atom. The van der Waals surface area contributed by atoms with Crippen molar-refractivity contribution in [2.75, 3.05) is 6.54 Å². The molecule has 3 nitrogen and oxygen atoms in total. The van der Waals surface area contributed by atoms with Gasteiger partial charge in [0.2, 0.25) is 0 Å². The largest absolute Gasteiger partial charge is 0.313 e. The van der Waals surface area contributed by atoms with E-state index >= 15 is 0 Å². The zero-order chi connectivity index (χ0) is 12.8. The first-order valence-corrected chi connectivity index (χ1v) is 8.69. The summed E-state index contributed by atoms with van der Waals surface area (Å²) in [5.41, 5.74) is 0. The third kappa shape index (κ3) is 4.21. The first-order chi connectivity index (χ1) is 8.79. The zero-order valence-corrected chi connectivity index (χ0v) is 12.9. The highest BCUT2D eigenvalue weighted by Crippen LogP contribution is 2.34. The van der Waals surface area contributed by atoms with Crippen LogP contribution in [-0.2, 0) is 0 Å². The molecule has 2 atom stereocenters. The van der Waals surface area contributed by atoms with Gasteiger partial charge in [0, 0.05) is 11.3 Å². The fourth-order valence-electron chi connectivity index (χ4n) is 2.43. The molecule has 2 rings (SSSR count). The van der Waals surface area contributed by atoms with E-state index in [1.807, 2.05) is 18.7 Å². The maximum absolute atomic E-state index is 4.26. The molecule has 1 aliphatic carbocycles. The molecular weight excluding hydrogens is 262 g/mol. The Morgan fingerprint density at radius 3 is 2.83 bits per heavy atom. The predicted octanol–water partition coefficient (Wildman–Crippen LogP) is 3.64. The van der Waals surface area contributed by atoms with Crippen LogP contribution in [0, 0.1) is 6.92 Å². The van der Waals surface area contributed by atoms with Crippen molar-refractivity contribution in [3.05, 3.63) is 5.01 Å². The maximum Gasteiger partial charge on any atom is 0.174 e. The van der Waals surface area contributed by atoms with Gasteiger partial charge in [-0.1, -0.05) is 49.3 Å². The lowest BCUT2D eigenvalue weighted by atomic mass is 10.1. The number of aromatic nitrogens is 2. The maximum atomic E-state index is 4.26. The Hall–Kier alpha value is -0.130. The Morgan fingerprint density at radius 1 is 1.28 bits per heavy atom. The molecule has 18 heavy (non-hydrogen) atoms. The van der Waals surface area contributed by atoms with Crippen LogP contribution in [0.3, 0.4) is 0 Å². The van der Waals surface area contributed by atoms with Crippen LogP contribution in [0.4, 0.5) is 0 Å². The Balaban J connectivity index is 1.96. The van der Waals surface area contributed by atoms with E-state index in [0.29, 0.717) is 11.3 Å². The molecule has 0 amide bonds. The normalized spacial score (nSPS) is 25.0. The van der Waals surface area contributed by atoms with E-state index in [0.717, 1.165) is 15.9 Å². The molecular formula is C13H23N3S2. The molecule has 0 saturated heterocycles. The molecule has 0 bridgehead atoms. The molecule has 0 radical (unpaired) electrons. The van der Waals surface area contributed by atoms with Crippen molar-refractivity contribution < 1.29 is 0 Å². The summed E-state index contributed by atoms with van der Waals surface area (Å²) in [6.45, 7) is 5.40. The second-order valence-corrected chi connectivity index (χ2v) is 7.61.